The third kappa shape index (κ3) is 5.47. The molecule has 1 aromatic carbocycles. The molecule has 0 spiro atoms. The second-order valence-corrected chi connectivity index (χ2v) is 4.34. The van der Waals surface area contributed by atoms with Gasteiger partial charge in [-0.2, -0.15) is 11.8 Å². The van der Waals surface area contributed by atoms with Gasteiger partial charge in [0.1, 0.15) is 6.61 Å². The predicted molar refractivity (Wildman–Crippen MR) is 71.8 cm³/mol. The van der Waals surface area contributed by atoms with Gasteiger partial charge >= 0.3 is 6.09 Å². The lowest BCUT2D eigenvalue weighted by Crippen LogP contribution is -2.26. The highest BCUT2D eigenvalue weighted by molar-refractivity contribution is 7.98. The van der Waals surface area contributed by atoms with E-state index in [2.05, 4.69) is 15.3 Å². The monoisotopic (exact) mass is 266 g/mol. The number of amides is 1. The number of azide groups is 1. The Bertz CT molecular complexity index is 429. The van der Waals surface area contributed by atoms with Gasteiger partial charge in [-0.1, -0.05) is 29.4 Å². The highest BCUT2D eigenvalue weighted by Crippen LogP contribution is 2.13. The Morgan fingerprint density at radius 3 is 2.83 bits per heavy atom. The Hall–Kier alpha value is -1.85. The summed E-state index contributed by atoms with van der Waals surface area (Å²) in [6.07, 6.45) is 1.54. The molecule has 7 heteroatoms. The van der Waals surface area contributed by atoms with Crippen LogP contribution in [0, 0.1) is 0 Å². The van der Waals surface area contributed by atoms with Gasteiger partial charge in [0, 0.05) is 22.9 Å². The second kappa shape index (κ2) is 8.27. The summed E-state index contributed by atoms with van der Waals surface area (Å²) < 4.78 is 5.01. The van der Waals surface area contributed by atoms with Crippen LogP contribution >= 0.6 is 11.8 Å². The van der Waals surface area contributed by atoms with Crippen LogP contribution in [-0.4, -0.2) is 24.6 Å². The first-order valence-corrected chi connectivity index (χ1v) is 6.69. The summed E-state index contributed by atoms with van der Waals surface area (Å²) in [6, 6.07) is 6.84. The summed E-state index contributed by atoms with van der Waals surface area (Å²) in [5.74, 6) is 0.857. The molecule has 1 N–H and O–H groups in total. The van der Waals surface area contributed by atoms with Gasteiger partial charge in [0.2, 0.25) is 0 Å². The Morgan fingerprint density at radius 1 is 1.50 bits per heavy atom. The fraction of sp³-hybridized carbons (Fsp3) is 0.364. The van der Waals surface area contributed by atoms with Crippen molar-refractivity contribution in [3.05, 3.63) is 40.3 Å². The molecular weight excluding hydrogens is 252 g/mol. The first kappa shape index (κ1) is 14.2. The van der Waals surface area contributed by atoms with Crippen molar-refractivity contribution >= 4 is 23.5 Å². The minimum Gasteiger partial charge on any atom is -0.445 e. The van der Waals surface area contributed by atoms with Crippen LogP contribution in [-0.2, 0) is 11.3 Å². The SMILES string of the molecule is CSCCNC(=O)OCc1ccc(N=[N+]=[N-])cc1. The largest absolute Gasteiger partial charge is 0.445 e. The smallest absolute Gasteiger partial charge is 0.407 e. The number of ether oxygens (including phenoxy) is 1. The van der Waals surface area contributed by atoms with Crippen molar-refractivity contribution in [1.29, 1.82) is 0 Å². The van der Waals surface area contributed by atoms with Crippen molar-refractivity contribution in [1.82, 2.24) is 5.32 Å². The molecule has 1 rings (SSSR count). The zero-order valence-corrected chi connectivity index (χ0v) is 10.8. The first-order chi connectivity index (χ1) is 8.76. The number of thioether (sulfide) groups is 1. The number of carbonyl (C=O) groups is 1. The van der Waals surface area contributed by atoms with E-state index in [0.29, 0.717) is 12.2 Å². The van der Waals surface area contributed by atoms with Crippen LogP contribution in [0.25, 0.3) is 10.4 Å². The number of nitrogens with zero attached hydrogens (tertiary/aromatic N) is 3. The molecule has 0 aromatic heterocycles. The molecule has 1 aromatic rings. The molecule has 0 heterocycles. The zero-order chi connectivity index (χ0) is 13.2. The van der Waals surface area contributed by atoms with E-state index in [0.717, 1.165) is 11.3 Å². The molecule has 0 saturated heterocycles. The van der Waals surface area contributed by atoms with Crippen molar-refractivity contribution in [3.63, 3.8) is 0 Å². The van der Waals surface area contributed by atoms with Crippen molar-refractivity contribution in [2.45, 2.75) is 6.61 Å². The molecule has 0 aliphatic rings. The van der Waals surface area contributed by atoms with E-state index in [-0.39, 0.29) is 6.61 Å². The Kier molecular flexibility index (Phi) is 6.53. The van der Waals surface area contributed by atoms with Crippen molar-refractivity contribution in [2.24, 2.45) is 5.11 Å². The maximum absolute atomic E-state index is 11.3. The molecule has 0 fully saturated rings. The molecule has 0 unspecified atom stereocenters. The van der Waals surface area contributed by atoms with E-state index in [4.69, 9.17) is 10.3 Å². The third-order valence-electron chi connectivity index (χ3n) is 2.04. The average Bonchev–Trinajstić information content (AvgIpc) is 2.39. The second-order valence-electron chi connectivity index (χ2n) is 3.35. The summed E-state index contributed by atoms with van der Waals surface area (Å²) in [5, 5.41) is 6.09. The molecule has 6 nitrogen and oxygen atoms in total. The van der Waals surface area contributed by atoms with Crippen LogP contribution < -0.4 is 5.32 Å². The van der Waals surface area contributed by atoms with Gasteiger partial charge in [0.25, 0.3) is 0 Å². The summed E-state index contributed by atoms with van der Waals surface area (Å²) in [6.45, 7) is 0.789. The minimum atomic E-state index is -0.428. The van der Waals surface area contributed by atoms with Crippen molar-refractivity contribution < 1.29 is 9.53 Å². The summed E-state index contributed by atoms with van der Waals surface area (Å²) in [4.78, 5) is 13.9. The zero-order valence-electron chi connectivity index (χ0n) is 10.00. The Morgan fingerprint density at radius 2 is 2.22 bits per heavy atom. The first-order valence-electron chi connectivity index (χ1n) is 5.30. The lowest BCUT2D eigenvalue weighted by Gasteiger charge is -2.06. The van der Waals surface area contributed by atoms with E-state index in [1.54, 1.807) is 36.0 Å². The normalized spacial score (nSPS) is 9.39. The molecular formula is C11H14N4O2S. The number of benzene rings is 1. The van der Waals surface area contributed by atoms with Gasteiger partial charge in [-0.05, 0) is 17.4 Å². The van der Waals surface area contributed by atoms with Crippen LogP contribution in [0.4, 0.5) is 10.5 Å². The van der Waals surface area contributed by atoms with Gasteiger partial charge in [-0.25, -0.2) is 4.79 Å². The lowest BCUT2D eigenvalue weighted by atomic mass is 10.2. The Labute approximate surface area is 109 Å². The number of alkyl carbamates (subject to hydrolysis) is 1. The van der Waals surface area contributed by atoms with Crippen LogP contribution in [0.3, 0.4) is 0 Å². The number of hydrogen-bond donors (Lipinski definition) is 1. The molecule has 96 valence electrons. The summed E-state index contributed by atoms with van der Waals surface area (Å²) in [7, 11) is 0. The van der Waals surface area contributed by atoms with E-state index < -0.39 is 6.09 Å². The predicted octanol–water partition coefficient (Wildman–Crippen LogP) is 3.22. The molecule has 1 amide bonds. The standard InChI is InChI=1S/C11H14N4O2S/c1-18-7-6-13-11(16)17-8-9-2-4-10(5-3-9)14-15-12/h2-5H,6-8H2,1H3,(H,13,16). The fourth-order valence-corrected chi connectivity index (χ4v) is 1.47. The van der Waals surface area contributed by atoms with E-state index >= 15 is 0 Å². The topological polar surface area (TPSA) is 87.1 Å². The van der Waals surface area contributed by atoms with Gasteiger partial charge < -0.3 is 10.1 Å². The van der Waals surface area contributed by atoms with Crippen molar-refractivity contribution in [2.75, 3.05) is 18.6 Å². The average molecular weight is 266 g/mol. The highest BCUT2D eigenvalue weighted by Gasteiger charge is 2.01. The van der Waals surface area contributed by atoms with Crippen LogP contribution in [0.15, 0.2) is 29.4 Å². The van der Waals surface area contributed by atoms with Crippen LogP contribution in [0.2, 0.25) is 0 Å². The molecule has 0 aliphatic carbocycles. The van der Waals surface area contributed by atoms with Crippen LogP contribution in [0.1, 0.15) is 5.56 Å². The van der Waals surface area contributed by atoms with Gasteiger partial charge in [-0.3, -0.25) is 0 Å². The lowest BCUT2D eigenvalue weighted by molar-refractivity contribution is 0.140. The quantitative estimate of drug-likeness (QED) is 0.371. The van der Waals surface area contributed by atoms with Crippen LogP contribution in [0.5, 0.6) is 0 Å². The van der Waals surface area contributed by atoms with Crippen molar-refractivity contribution in [3.8, 4) is 0 Å². The number of rotatable bonds is 6. The molecule has 0 atom stereocenters. The van der Waals surface area contributed by atoms with E-state index in [1.165, 1.54) is 0 Å². The molecule has 0 saturated carbocycles. The summed E-state index contributed by atoms with van der Waals surface area (Å²) in [5.41, 5.74) is 9.62. The van der Waals surface area contributed by atoms with Gasteiger partial charge in [0.05, 0.1) is 0 Å². The molecule has 18 heavy (non-hydrogen) atoms. The molecule has 0 aliphatic heterocycles. The third-order valence-corrected chi connectivity index (χ3v) is 2.65. The van der Waals surface area contributed by atoms with E-state index in [1.807, 2.05) is 6.26 Å². The minimum absolute atomic E-state index is 0.196. The number of hydrogen-bond acceptors (Lipinski definition) is 4. The number of nitrogens with one attached hydrogen (secondary N) is 1. The van der Waals surface area contributed by atoms with Gasteiger partial charge in [0.15, 0.2) is 0 Å². The maximum Gasteiger partial charge on any atom is 0.407 e. The van der Waals surface area contributed by atoms with E-state index in [9.17, 15) is 4.79 Å². The Balaban J connectivity index is 2.34. The number of carbonyl (C=O) groups excluding carboxylic acids is 1. The molecule has 0 bridgehead atoms. The van der Waals surface area contributed by atoms with Gasteiger partial charge in [-0.15, -0.1) is 0 Å². The summed E-state index contributed by atoms with van der Waals surface area (Å²) >= 11 is 1.65. The molecule has 0 radical (unpaired) electrons. The fourth-order valence-electron chi connectivity index (χ4n) is 1.17. The highest BCUT2D eigenvalue weighted by atomic mass is 32.2. The maximum atomic E-state index is 11.3.